The highest BCUT2D eigenvalue weighted by Gasteiger charge is 2.23. The lowest BCUT2D eigenvalue weighted by Crippen LogP contribution is -2.48. The van der Waals surface area contributed by atoms with Crippen molar-refractivity contribution < 1.29 is 9.53 Å². The summed E-state index contributed by atoms with van der Waals surface area (Å²) in [4.78, 5) is 18.6. The Bertz CT molecular complexity index is 1040. The van der Waals surface area contributed by atoms with Crippen molar-refractivity contribution in [1.29, 1.82) is 0 Å². The topological polar surface area (TPSA) is 32.8 Å². The first kappa shape index (κ1) is 21.6. The number of halogens is 1. The molecular weight excluding hydrogens is 428 g/mol. The van der Waals surface area contributed by atoms with Gasteiger partial charge in [0, 0.05) is 58.7 Å². The van der Waals surface area contributed by atoms with Crippen LogP contribution in [0.5, 0.6) is 5.75 Å². The molecule has 6 heteroatoms. The fourth-order valence-electron chi connectivity index (χ4n) is 3.73. The maximum atomic E-state index is 13.2. The van der Waals surface area contributed by atoms with Gasteiger partial charge in [-0.1, -0.05) is 35.9 Å². The molecule has 1 saturated heterocycles. The molecule has 1 heterocycles. The van der Waals surface area contributed by atoms with Crippen molar-refractivity contribution in [1.82, 2.24) is 4.90 Å². The van der Waals surface area contributed by atoms with Crippen LogP contribution < -0.4 is 9.64 Å². The lowest BCUT2D eigenvalue weighted by molar-refractivity contribution is 0.0746. The van der Waals surface area contributed by atoms with E-state index in [0.29, 0.717) is 18.7 Å². The molecule has 1 aliphatic rings. The molecule has 160 valence electrons. The molecule has 3 aromatic rings. The van der Waals surface area contributed by atoms with Crippen LogP contribution in [0.1, 0.15) is 15.9 Å². The zero-order chi connectivity index (χ0) is 21.6. The van der Waals surface area contributed by atoms with Crippen LogP contribution in [0, 0.1) is 0 Å². The molecule has 0 spiro atoms. The molecule has 1 fully saturated rings. The lowest BCUT2D eigenvalue weighted by Gasteiger charge is -2.36. The monoisotopic (exact) mass is 452 g/mol. The van der Waals surface area contributed by atoms with Crippen LogP contribution in [0.2, 0.25) is 5.02 Å². The minimum atomic E-state index is 0.0689. The molecule has 0 bridgehead atoms. The maximum absolute atomic E-state index is 13.2. The summed E-state index contributed by atoms with van der Waals surface area (Å²) in [6, 6.07) is 23.8. The zero-order valence-electron chi connectivity index (χ0n) is 17.5. The summed E-state index contributed by atoms with van der Waals surface area (Å²) in [5.41, 5.74) is 2.84. The molecular formula is C25H25ClN2O2S. The highest BCUT2D eigenvalue weighted by Crippen LogP contribution is 2.29. The molecule has 4 rings (SSSR count). The largest absolute Gasteiger partial charge is 0.496 e. The Morgan fingerprint density at radius 1 is 0.968 bits per heavy atom. The number of amides is 1. The SMILES string of the molecule is COc1ccc(C(=O)N2CCN(c3cccc(Cl)c3)CC2)cc1CSc1ccccc1. The van der Waals surface area contributed by atoms with Gasteiger partial charge >= 0.3 is 0 Å². The third kappa shape index (κ3) is 5.35. The molecule has 0 saturated carbocycles. The van der Waals surface area contributed by atoms with Gasteiger partial charge in [-0.15, -0.1) is 11.8 Å². The van der Waals surface area contributed by atoms with Gasteiger partial charge in [0.25, 0.3) is 5.91 Å². The number of rotatable bonds is 6. The minimum Gasteiger partial charge on any atom is -0.496 e. The normalized spacial score (nSPS) is 13.9. The van der Waals surface area contributed by atoms with Gasteiger partial charge in [-0.25, -0.2) is 0 Å². The summed E-state index contributed by atoms with van der Waals surface area (Å²) in [5, 5.41) is 0.732. The van der Waals surface area contributed by atoms with Gasteiger partial charge in [0.1, 0.15) is 5.75 Å². The number of carbonyl (C=O) groups is 1. The average molecular weight is 453 g/mol. The first-order valence-corrected chi connectivity index (χ1v) is 11.6. The van der Waals surface area contributed by atoms with Crippen molar-refractivity contribution in [2.24, 2.45) is 0 Å². The van der Waals surface area contributed by atoms with Gasteiger partial charge in [-0.3, -0.25) is 4.79 Å². The standard InChI is InChI=1S/C25H25ClN2O2S/c1-30-24-11-10-19(16-20(24)18-31-23-8-3-2-4-9-23)25(29)28-14-12-27(13-15-28)22-7-5-6-21(26)17-22/h2-11,16-17H,12-15,18H2,1H3. The molecule has 31 heavy (non-hydrogen) atoms. The number of anilines is 1. The van der Waals surface area contributed by atoms with E-state index in [1.165, 1.54) is 4.90 Å². The predicted octanol–water partition coefficient (Wildman–Crippen LogP) is 5.60. The Hall–Kier alpha value is -2.63. The van der Waals surface area contributed by atoms with Crippen molar-refractivity contribution in [2.45, 2.75) is 10.6 Å². The van der Waals surface area contributed by atoms with Crippen LogP contribution in [0.3, 0.4) is 0 Å². The molecule has 0 N–H and O–H groups in total. The van der Waals surface area contributed by atoms with Crippen molar-refractivity contribution in [3.8, 4) is 5.75 Å². The van der Waals surface area contributed by atoms with E-state index in [1.807, 2.05) is 59.5 Å². The number of ether oxygens (including phenoxy) is 1. The number of benzene rings is 3. The maximum Gasteiger partial charge on any atom is 0.253 e. The molecule has 0 aromatic heterocycles. The number of hydrogen-bond acceptors (Lipinski definition) is 4. The number of methoxy groups -OCH3 is 1. The lowest BCUT2D eigenvalue weighted by atomic mass is 10.1. The third-order valence-electron chi connectivity index (χ3n) is 5.41. The van der Waals surface area contributed by atoms with Crippen molar-refractivity contribution >= 4 is 35.0 Å². The second-order valence-electron chi connectivity index (χ2n) is 7.39. The van der Waals surface area contributed by atoms with Gasteiger partial charge in [0.15, 0.2) is 0 Å². The Morgan fingerprint density at radius 2 is 1.74 bits per heavy atom. The Morgan fingerprint density at radius 3 is 2.45 bits per heavy atom. The first-order valence-electron chi connectivity index (χ1n) is 10.3. The van der Waals surface area contributed by atoms with Gasteiger partial charge in [-0.05, 0) is 48.5 Å². The van der Waals surface area contributed by atoms with Gasteiger partial charge in [0.2, 0.25) is 0 Å². The molecule has 0 atom stereocenters. The number of carbonyl (C=O) groups excluding carboxylic acids is 1. The molecule has 3 aromatic carbocycles. The summed E-state index contributed by atoms with van der Waals surface area (Å²) in [6.07, 6.45) is 0. The smallest absolute Gasteiger partial charge is 0.253 e. The van der Waals surface area contributed by atoms with E-state index in [4.69, 9.17) is 16.3 Å². The van der Waals surface area contributed by atoms with E-state index in [0.717, 1.165) is 40.9 Å². The highest BCUT2D eigenvalue weighted by molar-refractivity contribution is 7.98. The molecule has 0 radical (unpaired) electrons. The summed E-state index contributed by atoms with van der Waals surface area (Å²) >= 11 is 7.86. The fraction of sp³-hybridized carbons (Fsp3) is 0.240. The van der Waals surface area contributed by atoms with E-state index in [9.17, 15) is 4.79 Å². The molecule has 0 unspecified atom stereocenters. The summed E-state index contributed by atoms with van der Waals surface area (Å²) in [7, 11) is 1.67. The summed E-state index contributed by atoms with van der Waals surface area (Å²) in [6.45, 7) is 2.95. The number of hydrogen-bond donors (Lipinski definition) is 0. The molecule has 0 aliphatic carbocycles. The molecule has 4 nitrogen and oxygen atoms in total. The second kappa shape index (κ2) is 10.1. The fourth-order valence-corrected chi connectivity index (χ4v) is 4.81. The van der Waals surface area contributed by atoms with Crippen LogP contribution in [-0.4, -0.2) is 44.1 Å². The van der Waals surface area contributed by atoms with Crippen molar-refractivity contribution in [3.05, 3.63) is 88.9 Å². The van der Waals surface area contributed by atoms with E-state index < -0.39 is 0 Å². The van der Waals surface area contributed by atoms with E-state index in [-0.39, 0.29) is 5.91 Å². The van der Waals surface area contributed by atoms with Crippen LogP contribution in [0.15, 0.2) is 77.7 Å². The Labute approximate surface area is 192 Å². The minimum absolute atomic E-state index is 0.0689. The van der Waals surface area contributed by atoms with Crippen molar-refractivity contribution in [2.75, 3.05) is 38.2 Å². The Kier molecular flexibility index (Phi) is 7.05. The highest BCUT2D eigenvalue weighted by atomic mass is 35.5. The van der Waals surface area contributed by atoms with Gasteiger partial charge in [0.05, 0.1) is 7.11 Å². The third-order valence-corrected chi connectivity index (χ3v) is 6.70. The average Bonchev–Trinajstić information content (AvgIpc) is 2.83. The number of nitrogens with zero attached hydrogens (tertiary/aromatic N) is 2. The zero-order valence-corrected chi connectivity index (χ0v) is 19.0. The summed E-state index contributed by atoms with van der Waals surface area (Å²) in [5.74, 6) is 1.63. The van der Waals surface area contributed by atoms with E-state index in [2.05, 4.69) is 23.1 Å². The van der Waals surface area contributed by atoms with E-state index >= 15 is 0 Å². The summed E-state index contributed by atoms with van der Waals surface area (Å²) < 4.78 is 5.53. The quantitative estimate of drug-likeness (QED) is 0.455. The van der Waals surface area contributed by atoms with Gasteiger partial charge in [-0.2, -0.15) is 0 Å². The number of piperazine rings is 1. The van der Waals surface area contributed by atoms with Crippen LogP contribution in [-0.2, 0) is 5.75 Å². The van der Waals surface area contributed by atoms with Gasteiger partial charge < -0.3 is 14.5 Å². The van der Waals surface area contributed by atoms with Crippen LogP contribution in [0.25, 0.3) is 0 Å². The number of thioether (sulfide) groups is 1. The second-order valence-corrected chi connectivity index (χ2v) is 8.87. The predicted molar refractivity (Wildman–Crippen MR) is 129 cm³/mol. The Balaban J connectivity index is 1.42. The van der Waals surface area contributed by atoms with Crippen LogP contribution in [0.4, 0.5) is 5.69 Å². The van der Waals surface area contributed by atoms with Crippen molar-refractivity contribution in [3.63, 3.8) is 0 Å². The molecule has 1 amide bonds. The molecule has 1 aliphatic heterocycles. The first-order chi connectivity index (χ1) is 15.1. The van der Waals surface area contributed by atoms with Crippen LogP contribution >= 0.6 is 23.4 Å². The van der Waals surface area contributed by atoms with E-state index in [1.54, 1.807) is 18.9 Å².